The highest BCUT2D eigenvalue weighted by molar-refractivity contribution is 6.02. The summed E-state index contributed by atoms with van der Waals surface area (Å²) in [6.45, 7) is 3.73. The number of carbonyl (C=O) groups is 2. The molecule has 0 amide bonds. The highest BCUT2D eigenvalue weighted by atomic mass is 16.6. The minimum atomic E-state index is -0.519. The summed E-state index contributed by atoms with van der Waals surface area (Å²) in [5.74, 6) is 0.582. The van der Waals surface area contributed by atoms with Crippen LogP contribution < -0.4 is 18.9 Å². The number of carbonyl (C=O) groups excluding carboxylic acids is 2. The predicted octanol–water partition coefficient (Wildman–Crippen LogP) is 7.62. The van der Waals surface area contributed by atoms with Crippen molar-refractivity contribution in [2.45, 2.75) is 19.8 Å². The van der Waals surface area contributed by atoms with Crippen LogP contribution in [-0.4, -0.2) is 38.2 Å². The number of aliphatic hydroxyl groups is 1. The Morgan fingerprint density at radius 1 is 0.721 bits per heavy atom. The Balaban J connectivity index is 1.40. The maximum absolute atomic E-state index is 13.0. The molecule has 1 N–H and O–H groups in total. The van der Waals surface area contributed by atoms with Gasteiger partial charge in [-0.2, -0.15) is 0 Å². The number of benzene rings is 4. The smallest absolute Gasteiger partial charge is 0.318 e. The number of aryl methyl sites for hydroxylation is 1. The molecule has 4 aromatic rings. The van der Waals surface area contributed by atoms with E-state index in [-0.39, 0.29) is 11.5 Å². The van der Waals surface area contributed by atoms with E-state index in [1.54, 1.807) is 51.5 Å². The van der Waals surface area contributed by atoms with Crippen molar-refractivity contribution in [2.75, 3.05) is 21.3 Å². The number of aliphatic hydroxyl groups excluding tert-OH is 1. The zero-order chi connectivity index (χ0) is 30.9. The highest BCUT2D eigenvalue weighted by Gasteiger charge is 2.20. The molecule has 7 heteroatoms. The maximum atomic E-state index is 13.0. The fourth-order valence-electron chi connectivity index (χ4n) is 4.39. The Morgan fingerprint density at radius 3 is 2.09 bits per heavy atom. The number of fused-ring (bicyclic) bond motifs is 1. The molecule has 0 saturated heterocycles. The van der Waals surface area contributed by atoms with Gasteiger partial charge >= 0.3 is 5.97 Å². The van der Waals surface area contributed by atoms with Gasteiger partial charge in [0.1, 0.15) is 17.3 Å². The lowest BCUT2D eigenvalue weighted by atomic mass is 9.98. The Bertz CT molecular complexity index is 1730. The van der Waals surface area contributed by atoms with Crippen molar-refractivity contribution < 1.29 is 33.6 Å². The van der Waals surface area contributed by atoms with Gasteiger partial charge in [-0.05, 0) is 89.4 Å². The Morgan fingerprint density at radius 2 is 1.37 bits per heavy atom. The van der Waals surface area contributed by atoms with E-state index in [0.717, 1.165) is 45.0 Å². The Hall–Kier alpha value is -5.30. The molecule has 220 valence electrons. The molecule has 4 aromatic carbocycles. The third-order valence-corrected chi connectivity index (χ3v) is 6.93. The standard InChI is InChI=1S/C36H34O7/c1-23-6-7-25(18-34(23)41-4)8-14-30(37)22-31(38)15-9-26-10-17-33(35(19-26)42-5)43-36(39)24(2)27-11-12-29-21-32(40-3)16-13-28(29)20-27/h6-22,24,37H,1-5H3/b14-8+,15-9+,30-22-. The summed E-state index contributed by atoms with van der Waals surface area (Å²) in [7, 11) is 4.70. The number of allylic oxidation sites excluding steroid dienone is 3. The number of methoxy groups -OCH3 is 3. The van der Waals surface area contributed by atoms with Gasteiger partial charge in [-0.3, -0.25) is 9.59 Å². The second kappa shape index (κ2) is 14.0. The van der Waals surface area contributed by atoms with Crippen molar-refractivity contribution in [3.8, 4) is 23.0 Å². The van der Waals surface area contributed by atoms with E-state index in [9.17, 15) is 14.7 Å². The van der Waals surface area contributed by atoms with Crippen LogP contribution in [0.25, 0.3) is 22.9 Å². The molecule has 0 spiro atoms. The monoisotopic (exact) mass is 578 g/mol. The molecular formula is C36H34O7. The van der Waals surface area contributed by atoms with Crippen LogP contribution in [0.1, 0.15) is 35.1 Å². The van der Waals surface area contributed by atoms with Crippen molar-refractivity contribution in [1.82, 2.24) is 0 Å². The average molecular weight is 579 g/mol. The van der Waals surface area contributed by atoms with Crippen molar-refractivity contribution in [1.29, 1.82) is 0 Å². The minimum absolute atomic E-state index is 0.186. The normalized spacial score (nSPS) is 12.4. The average Bonchev–Trinajstić information content (AvgIpc) is 3.02. The van der Waals surface area contributed by atoms with Crippen LogP contribution in [0.15, 0.2) is 96.8 Å². The van der Waals surface area contributed by atoms with Crippen LogP contribution in [-0.2, 0) is 9.59 Å². The first-order valence-corrected chi connectivity index (χ1v) is 13.6. The van der Waals surface area contributed by atoms with E-state index >= 15 is 0 Å². The van der Waals surface area contributed by atoms with Crippen molar-refractivity contribution in [2.24, 2.45) is 0 Å². The van der Waals surface area contributed by atoms with Gasteiger partial charge in [-0.25, -0.2) is 0 Å². The summed E-state index contributed by atoms with van der Waals surface area (Å²) in [5.41, 5.74) is 3.30. The van der Waals surface area contributed by atoms with Crippen LogP contribution in [0.3, 0.4) is 0 Å². The second-order valence-corrected chi connectivity index (χ2v) is 9.89. The maximum Gasteiger partial charge on any atom is 0.318 e. The summed E-state index contributed by atoms with van der Waals surface area (Å²) in [6, 6.07) is 22.2. The SMILES string of the molecule is COc1ccc2cc(C(C)C(=O)Oc3ccc(/C=C/C(=O)/C=C(O)/C=C/c4ccc(C)c(OC)c4)cc3OC)ccc2c1. The van der Waals surface area contributed by atoms with Gasteiger partial charge in [0.05, 0.1) is 27.2 Å². The molecule has 43 heavy (non-hydrogen) atoms. The van der Waals surface area contributed by atoms with Gasteiger partial charge in [-0.15, -0.1) is 0 Å². The largest absolute Gasteiger partial charge is 0.508 e. The van der Waals surface area contributed by atoms with Gasteiger partial charge in [0.15, 0.2) is 17.3 Å². The lowest BCUT2D eigenvalue weighted by Crippen LogP contribution is -2.16. The first-order chi connectivity index (χ1) is 20.7. The summed E-state index contributed by atoms with van der Waals surface area (Å²) < 4.78 is 21.7. The molecule has 4 rings (SSSR count). The fourth-order valence-corrected chi connectivity index (χ4v) is 4.39. The predicted molar refractivity (Wildman–Crippen MR) is 169 cm³/mol. The number of hydrogen-bond donors (Lipinski definition) is 1. The van der Waals surface area contributed by atoms with E-state index in [1.165, 1.54) is 19.3 Å². The zero-order valence-electron chi connectivity index (χ0n) is 24.8. The van der Waals surface area contributed by atoms with Crippen LogP contribution in [0, 0.1) is 6.92 Å². The summed E-state index contributed by atoms with van der Waals surface area (Å²) >= 11 is 0. The molecule has 1 unspecified atom stereocenters. The van der Waals surface area contributed by atoms with Gasteiger partial charge < -0.3 is 24.1 Å². The molecule has 0 aliphatic rings. The number of esters is 1. The molecule has 0 aliphatic carbocycles. The zero-order valence-corrected chi connectivity index (χ0v) is 24.8. The number of ketones is 1. The number of ether oxygens (including phenoxy) is 4. The van der Waals surface area contributed by atoms with E-state index < -0.39 is 17.7 Å². The Kier molecular flexibility index (Phi) is 10.0. The highest BCUT2D eigenvalue weighted by Crippen LogP contribution is 2.31. The molecule has 7 nitrogen and oxygen atoms in total. The summed E-state index contributed by atoms with van der Waals surface area (Å²) in [5, 5.41) is 12.2. The fraction of sp³-hybridized carbons (Fsp3) is 0.167. The van der Waals surface area contributed by atoms with Gasteiger partial charge in [0.25, 0.3) is 0 Å². The lowest BCUT2D eigenvalue weighted by Gasteiger charge is -2.15. The van der Waals surface area contributed by atoms with Crippen LogP contribution in [0.2, 0.25) is 0 Å². The molecular weight excluding hydrogens is 544 g/mol. The summed E-state index contributed by atoms with van der Waals surface area (Å²) in [4.78, 5) is 25.4. The van der Waals surface area contributed by atoms with Crippen molar-refractivity contribution in [3.05, 3.63) is 119 Å². The molecule has 0 saturated carbocycles. The first-order valence-electron chi connectivity index (χ1n) is 13.6. The van der Waals surface area contributed by atoms with Crippen LogP contribution >= 0.6 is 0 Å². The lowest BCUT2D eigenvalue weighted by molar-refractivity contribution is -0.135. The third-order valence-electron chi connectivity index (χ3n) is 6.93. The molecule has 0 heterocycles. The van der Waals surface area contributed by atoms with Crippen LogP contribution in [0.4, 0.5) is 0 Å². The summed E-state index contributed by atoms with van der Waals surface area (Å²) in [6.07, 6.45) is 7.17. The van der Waals surface area contributed by atoms with Gasteiger partial charge in [0.2, 0.25) is 0 Å². The van der Waals surface area contributed by atoms with E-state index in [2.05, 4.69) is 0 Å². The van der Waals surface area contributed by atoms with Crippen LogP contribution in [0.5, 0.6) is 23.0 Å². The minimum Gasteiger partial charge on any atom is -0.508 e. The van der Waals surface area contributed by atoms with E-state index in [0.29, 0.717) is 11.3 Å². The molecule has 0 aromatic heterocycles. The first kappa shape index (κ1) is 30.7. The molecule has 0 radical (unpaired) electrons. The van der Waals surface area contributed by atoms with Gasteiger partial charge in [0, 0.05) is 6.08 Å². The number of hydrogen-bond acceptors (Lipinski definition) is 7. The Labute approximate surface area is 251 Å². The third kappa shape index (κ3) is 7.92. The topological polar surface area (TPSA) is 91.3 Å². The molecule has 1 atom stereocenters. The van der Waals surface area contributed by atoms with Crippen molar-refractivity contribution in [3.63, 3.8) is 0 Å². The quantitative estimate of drug-likeness (QED) is 0.0644. The molecule has 0 aliphatic heterocycles. The van der Waals surface area contributed by atoms with E-state index in [1.807, 2.05) is 61.5 Å². The molecule has 0 fully saturated rings. The van der Waals surface area contributed by atoms with Crippen molar-refractivity contribution >= 4 is 34.7 Å². The van der Waals surface area contributed by atoms with E-state index in [4.69, 9.17) is 18.9 Å². The second-order valence-electron chi connectivity index (χ2n) is 9.89. The molecule has 0 bridgehead atoms. The van der Waals surface area contributed by atoms with Gasteiger partial charge in [-0.1, -0.05) is 54.6 Å². The number of rotatable bonds is 11.